The van der Waals surface area contributed by atoms with Crippen LogP contribution in [0, 0.1) is 5.92 Å². The Hall–Kier alpha value is -0.810. The number of nitrogens with two attached hydrogens (primary N) is 1. The molecule has 1 saturated carbocycles. The molecule has 19 heavy (non-hydrogen) atoms. The van der Waals surface area contributed by atoms with E-state index in [0.717, 1.165) is 12.8 Å². The molecule has 0 radical (unpaired) electrons. The van der Waals surface area contributed by atoms with E-state index in [1.807, 2.05) is 0 Å². The SMILES string of the molecule is Cl.NCC(NC(=O)C1CCC(=O)N1)C1CCCCC1. The Morgan fingerprint density at radius 1 is 1.32 bits per heavy atom. The first-order valence-corrected chi connectivity index (χ1v) is 7.00. The van der Waals surface area contributed by atoms with E-state index in [0.29, 0.717) is 25.3 Å². The maximum atomic E-state index is 12.0. The number of halogens is 1. The lowest BCUT2D eigenvalue weighted by molar-refractivity contribution is -0.126. The quantitative estimate of drug-likeness (QED) is 0.713. The third kappa shape index (κ3) is 4.35. The van der Waals surface area contributed by atoms with Crippen molar-refractivity contribution in [1.29, 1.82) is 0 Å². The van der Waals surface area contributed by atoms with Crippen molar-refractivity contribution in [3.8, 4) is 0 Å². The van der Waals surface area contributed by atoms with E-state index in [-0.39, 0.29) is 36.3 Å². The highest BCUT2D eigenvalue weighted by Crippen LogP contribution is 2.26. The lowest BCUT2D eigenvalue weighted by atomic mass is 9.84. The Labute approximate surface area is 120 Å². The molecule has 0 spiro atoms. The molecule has 0 aromatic rings. The van der Waals surface area contributed by atoms with Gasteiger partial charge in [-0.05, 0) is 25.2 Å². The van der Waals surface area contributed by atoms with Crippen LogP contribution in [0.2, 0.25) is 0 Å². The minimum Gasteiger partial charge on any atom is -0.350 e. The first-order valence-electron chi connectivity index (χ1n) is 7.00. The monoisotopic (exact) mass is 289 g/mol. The van der Waals surface area contributed by atoms with E-state index in [1.54, 1.807) is 0 Å². The van der Waals surface area contributed by atoms with Gasteiger partial charge >= 0.3 is 0 Å². The molecule has 2 aliphatic rings. The van der Waals surface area contributed by atoms with Gasteiger partial charge in [-0.1, -0.05) is 19.3 Å². The Bertz CT molecular complexity index is 319. The van der Waals surface area contributed by atoms with Gasteiger partial charge < -0.3 is 16.4 Å². The molecule has 2 amide bonds. The summed E-state index contributed by atoms with van der Waals surface area (Å²) in [5, 5.41) is 5.71. The molecule has 0 aromatic carbocycles. The van der Waals surface area contributed by atoms with Gasteiger partial charge in [-0.15, -0.1) is 12.4 Å². The highest BCUT2D eigenvalue weighted by Gasteiger charge is 2.30. The van der Waals surface area contributed by atoms with E-state index in [2.05, 4.69) is 10.6 Å². The molecule has 6 heteroatoms. The van der Waals surface area contributed by atoms with Gasteiger partial charge in [0.05, 0.1) is 0 Å². The molecule has 1 heterocycles. The van der Waals surface area contributed by atoms with Gasteiger partial charge in [0.2, 0.25) is 11.8 Å². The van der Waals surface area contributed by atoms with Crippen LogP contribution in [0.25, 0.3) is 0 Å². The number of amides is 2. The predicted molar refractivity (Wildman–Crippen MR) is 76.0 cm³/mol. The molecular weight excluding hydrogens is 266 g/mol. The van der Waals surface area contributed by atoms with E-state index >= 15 is 0 Å². The molecule has 110 valence electrons. The van der Waals surface area contributed by atoms with E-state index < -0.39 is 0 Å². The first kappa shape index (κ1) is 16.2. The smallest absolute Gasteiger partial charge is 0.242 e. The van der Waals surface area contributed by atoms with Crippen LogP contribution in [0.3, 0.4) is 0 Å². The molecule has 5 nitrogen and oxygen atoms in total. The second-order valence-corrected chi connectivity index (χ2v) is 5.41. The number of carbonyl (C=O) groups is 2. The van der Waals surface area contributed by atoms with Gasteiger partial charge in [0.15, 0.2) is 0 Å². The lowest BCUT2D eigenvalue weighted by Crippen LogP contribution is -2.51. The molecule has 2 atom stereocenters. The average Bonchev–Trinajstić information content (AvgIpc) is 2.83. The normalized spacial score (nSPS) is 25.3. The van der Waals surface area contributed by atoms with Crippen LogP contribution in [0.4, 0.5) is 0 Å². The second-order valence-electron chi connectivity index (χ2n) is 5.41. The average molecular weight is 290 g/mol. The fourth-order valence-electron chi connectivity index (χ4n) is 3.00. The van der Waals surface area contributed by atoms with Gasteiger partial charge in [0.1, 0.15) is 6.04 Å². The van der Waals surface area contributed by atoms with Crippen LogP contribution in [0.5, 0.6) is 0 Å². The number of hydrogen-bond acceptors (Lipinski definition) is 3. The maximum Gasteiger partial charge on any atom is 0.242 e. The zero-order chi connectivity index (χ0) is 13.0. The third-order valence-electron chi connectivity index (χ3n) is 4.11. The van der Waals surface area contributed by atoms with Gasteiger partial charge in [0.25, 0.3) is 0 Å². The van der Waals surface area contributed by atoms with E-state index in [4.69, 9.17) is 5.73 Å². The molecule has 0 aromatic heterocycles. The molecule has 1 aliphatic carbocycles. The summed E-state index contributed by atoms with van der Waals surface area (Å²) < 4.78 is 0. The van der Waals surface area contributed by atoms with Gasteiger partial charge in [-0.25, -0.2) is 0 Å². The van der Waals surface area contributed by atoms with E-state index in [9.17, 15) is 9.59 Å². The van der Waals surface area contributed by atoms with Crippen LogP contribution < -0.4 is 16.4 Å². The summed E-state index contributed by atoms with van der Waals surface area (Å²) in [5.41, 5.74) is 5.78. The Kier molecular flexibility index (Phi) is 6.58. The van der Waals surface area contributed by atoms with Crippen LogP contribution >= 0.6 is 12.4 Å². The van der Waals surface area contributed by atoms with Crippen LogP contribution in [0.15, 0.2) is 0 Å². The molecular formula is C13H24ClN3O2. The largest absolute Gasteiger partial charge is 0.350 e. The standard InChI is InChI=1S/C13H23N3O2.ClH/c14-8-11(9-4-2-1-3-5-9)16-13(18)10-6-7-12(17)15-10;/h9-11H,1-8,14H2,(H,15,17)(H,16,18);1H. The Morgan fingerprint density at radius 3 is 2.53 bits per heavy atom. The fourth-order valence-corrected chi connectivity index (χ4v) is 3.00. The zero-order valence-corrected chi connectivity index (χ0v) is 12.0. The highest BCUT2D eigenvalue weighted by atomic mass is 35.5. The molecule has 4 N–H and O–H groups in total. The molecule has 1 saturated heterocycles. The molecule has 2 rings (SSSR count). The highest BCUT2D eigenvalue weighted by molar-refractivity contribution is 5.90. The minimum absolute atomic E-state index is 0. The predicted octanol–water partition coefficient (Wildman–Crippen LogP) is 0.711. The topological polar surface area (TPSA) is 84.2 Å². The van der Waals surface area contributed by atoms with Crippen molar-refractivity contribution in [2.75, 3.05) is 6.54 Å². The summed E-state index contributed by atoms with van der Waals surface area (Å²) in [6.07, 6.45) is 7.12. The van der Waals surface area contributed by atoms with Gasteiger partial charge in [-0.3, -0.25) is 9.59 Å². The number of hydrogen-bond donors (Lipinski definition) is 3. The van der Waals surface area contributed by atoms with Crippen LogP contribution in [0.1, 0.15) is 44.9 Å². The minimum atomic E-state index is -0.352. The van der Waals surface area contributed by atoms with Crippen LogP contribution in [-0.4, -0.2) is 30.4 Å². The summed E-state index contributed by atoms with van der Waals surface area (Å²) in [7, 11) is 0. The summed E-state index contributed by atoms with van der Waals surface area (Å²) in [6, 6.07) is -0.287. The Morgan fingerprint density at radius 2 is 2.00 bits per heavy atom. The van der Waals surface area contributed by atoms with Crippen molar-refractivity contribution in [3.63, 3.8) is 0 Å². The maximum absolute atomic E-state index is 12.0. The molecule has 1 aliphatic heterocycles. The van der Waals surface area contributed by atoms with Gasteiger partial charge in [-0.2, -0.15) is 0 Å². The van der Waals surface area contributed by atoms with Crippen molar-refractivity contribution >= 4 is 24.2 Å². The summed E-state index contributed by atoms with van der Waals surface area (Å²) in [4.78, 5) is 23.1. The lowest BCUT2D eigenvalue weighted by Gasteiger charge is -2.30. The first-order chi connectivity index (χ1) is 8.70. The summed E-state index contributed by atoms with van der Waals surface area (Å²) in [6.45, 7) is 0.483. The molecule has 2 unspecified atom stereocenters. The van der Waals surface area contributed by atoms with Gasteiger partial charge in [0, 0.05) is 19.0 Å². The molecule has 0 bridgehead atoms. The van der Waals surface area contributed by atoms with Crippen molar-refractivity contribution in [1.82, 2.24) is 10.6 Å². The summed E-state index contributed by atoms with van der Waals surface area (Å²) >= 11 is 0. The number of rotatable bonds is 4. The fraction of sp³-hybridized carbons (Fsp3) is 0.846. The summed E-state index contributed by atoms with van der Waals surface area (Å²) in [5.74, 6) is 0.406. The number of nitrogens with one attached hydrogen (secondary N) is 2. The third-order valence-corrected chi connectivity index (χ3v) is 4.11. The van der Waals surface area contributed by atoms with Crippen molar-refractivity contribution < 1.29 is 9.59 Å². The van der Waals surface area contributed by atoms with Crippen molar-refractivity contribution in [2.24, 2.45) is 11.7 Å². The molecule has 2 fully saturated rings. The van der Waals surface area contributed by atoms with E-state index in [1.165, 1.54) is 19.3 Å². The number of carbonyl (C=O) groups excluding carboxylic acids is 2. The zero-order valence-electron chi connectivity index (χ0n) is 11.2. The van der Waals surface area contributed by atoms with Crippen LogP contribution in [-0.2, 0) is 9.59 Å². The van der Waals surface area contributed by atoms with Crippen molar-refractivity contribution in [2.45, 2.75) is 57.0 Å². The Balaban J connectivity index is 0.00000180. The second kappa shape index (κ2) is 7.70. The van der Waals surface area contributed by atoms with Crippen molar-refractivity contribution in [3.05, 3.63) is 0 Å².